The average Bonchev–Trinajstić information content (AvgIpc) is 3.20. The first-order valence-electron chi connectivity index (χ1n) is 10.1. The van der Waals surface area contributed by atoms with E-state index >= 15 is 0 Å². The van der Waals surface area contributed by atoms with E-state index in [-0.39, 0.29) is 12.0 Å². The molecule has 2 atom stereocenters. The van der Waals surface area contributed by atoms with Crippen molar-refractivity contribution in [1.29, 1.82) is 0 Å². The Hall–Kier alpha value is -2.74. The fourth-order valence-electron chi connectivity index (χ4n) is 3.12. The number of methoxy groups -OCH3 is 1. The second kappa shape index (κ2) is 10.9. The van der Waals surface area contributed by atoms with E-state index in [9.17, 15) is 9.90 Å². The number of rotatable bonds is 11. The molecule has 1 aromatic heterocycles. The van der Waals surface area contributed by atoms with Crippen molar-refractivity contribution in [3.8, 4) is 11.5 Å². The van der Waals surface area contributed by atoms with Gasteiger partial charge in [0.05, 0.1) is 12.7 Å². The number of aromatic nitrogens is 1. The molecule has 3 rings (SSSR count). The van der Waals surface area contributed by atoms with Crippen molar-refractivity contribution >= 4 is 17.0 Å². The van der Waals surface area contributed by atoms with Gasteiger partial charge >= 0.3 is 0 Å². The van der Waals surface area contributed by atoms with Crippen LogP contribution in [0.5, 0.6) is 0 Å². The minimum atomic E-state index is -0.580. The third-order valence-corrected chi connectivity index (χ3v) is 4.74. The number of carbonyl (C=O) groups excluding carboxylic acids is 1. The zero-order valence-corrected chi connectivity index (χ0v) is 17.3. The molecule has 2 aromatic carbocycles. The number of aliphatic hydroxyl groups excluding tert-OH is 1. The summed E-state index contributed by atoms with van der Waals surface area (Å²) in [4.78, 5) is 21.4. The standard InChI is InChI=1S/C23H28N2O5/c1-16(15-28-2)30-25-22(27)10-6-4-8-20(26)17-11-13-18(14-12-17)23-24-19-7-3-5-9-21(19)29-23/h3,5,7,9,11-14,16,20,26H,4,6,8,10,15H2,1-2H3,(H,25,27)/t16-,20-/m1/s1. The fourth-order valence-corrected chi connectivity index (χ4v) is 3.12. The molecule has 0 saturated heterocycles. The highest BCUT2D eigenvalue weighted by Crippen LogP contribution is 2.26. The van der Waals surface area contributed by atoms with E-state index in [1.807, 2.05) is 55.5 Å². The summed E-state index contributed by atoms with van der Waals surface area (Å²) in [5.74, 6) is 0.389. The van der Waals surface area contributed by atoms with Crippen LogP contribution in [0.2, 0.25) is 0 Å². The molecule has 2 N–H and O–H groups in total. The molecule has 160 valence electrons. The summed E-state index contributed by atoms with van der Waals surface area (Å²) in [7, 11) is 1.58. The molecule has 1 heterocycles. The van der Waals surface area contributed by atoms with Gasteiger partial charge in [-0.05, 0) is 49.6 Å². The minimum absolute atomic E-state index is 0.171. The number of para-hydroxylation sites is 2. The van der Waals surface area contributed by atoms with Crippen LogP contribution in [0.1, 0.15) is 44.3 Å². The molecule has 7 heteroatoms. The van der Waals surface area contributed by atoms with E-state index in [1.165, 1.54) is 0 Å². The van der Waals surface area contributed by atoms with Crippen molar-refractivity contribution in [3.63, 3.8) is 0 Å². The largest absolute Gasteiger partial charge is 0.436 e. The number of unbranched alkanes of at least 4 members (excludes halogenated alkanes) is 1. The Balaban J connectivity index is 1.42. The first kappa shape index (κ1) is 22.0. The summed E-state index contributed by atoms with van der Waals surface area (Å²) in [6.45, 7) is 2.23. The third kappa shape index (κ3) is 6.13. The molecule has 0 spiro atoms. The predicted octanol–water partition coefficient (Wildman–Crippen LogP) is 4.17. The van der Waals surface area contributed by atoms with Crippen LogP contribution in [0, 0.1) is 0 Å². The second-order valence-corrected chi connectivity index (χ2v) is 7.28. The lowest BCUT2D eigenvalue weighted by Crippen LogP contribution is -2.30. The fraction of sp³-hybridized carbons (Fsp3) is 0.391. The van der Waals surface area contributed by atoms with Crippen molar-refractivity contribution < 1.29 is 23.9 Å². The summed E-state index contributed by atoms with van der Waals surface area (Å²) >= 11 is 0. The van der Waals surface area contributed by atoms with Gasteiger partial charge in [0.25, 0.3) is 0 Å². The Labute approximate surface area is 176 Å². The summed E-state index contributed by atoms with van der Waals surface area (Å²) in [5.41, 5.74) is 5.68. The molecular weight excluding hydrogens is 384 g/mol. The number of hydrogen-bond acceptors (Lipinski definition) is 6. The molecule has 0 unspecified atom stereocenters. The molecule has 0 fully saturated rings. The van der Waals surface area contributed by atoms with Crippen LogP contribution in [-0.2, 0) is 14.4 Å². The number of amides is 1. The number of ether oxygens (including phenoxy) is 1. The molecule has 30 heavy (non-hydrogen) atoms. The Morgan fingerprint density at radius 2 is 1.93 bits per heavy atom. The van der Waals surface area contributed by atoms with E-state index in [4.69, 9.17) is 14.0 Å². The maximum absolute atomic E-state index is 11.7. The highest BCUT2D eigenvalue weighted by molar-refractivity contribution is 5.76. The summed E-state index contributed by atoms with van der Waals surface area (Å²) in [5, 5.41) is 10.4. The average molecular weight is 412 g/mol. The molecule has 0 aliphatic heterocycles. The zero-order chi connectivity index (χ0) is 21.3. The third-order valence-electron chi connectivity index (χ3n) is 4.74. The normalized spacial score (nSPS) is 13.3. The van der Waals surface area contributed by atoms with Crippen molar-refractivity contribution in [1.82, 2.24) is 10.5 Å². The topological polar surface area (TPSA) is 93.8 Å². The summed E-state index contributed by atoms with van der Waals surface area (Å²) < 4.78 is 10.7. The van der Waals surface area contributed by atoms with Crippen LogP contribution in [0.3, 0.4) is 0 Å². The van der Waals surface area contributed by atoms with Gasteiger partial charge in [-0.3, -0.25) is 9.63 Å². The molecule has 1 amide bonds. The van der Waals surface area contributed by atoms with Gasteiger partial charge in [0.1, 0.15) is 11.6 Å². The van der Waals surface area contributed by atoms with Gasteiger partial charge in [-0.2, -0.15) is 0 Å². The first-order chi connectivity index (χ1) is 14.6. The highest BCUT2D eigenvalue weighted by atomic mass is 16.7. The van der Waals surface area contributed by atoms with E-state index in [2.05, 4.69) is 10.5 Å². The molecule has 0 saturated carbocycles. The highest BCUT2D eigenvalue weighted by Gasteiger charge is 2.12. The predicted molar refractivity (Wildman–Crippen MR) is 113 cm³/mol. The monoisotopic (exact) mass is 412 g/mol. The van der Waals surface area contributed by atoms with Crippen molar-refractivity contribution in [2.24, 2.45) is 0 Å². The zero-order valence-electron chi connectivity index (χ0n) is 17.3. The van der Waals surface area contributed by atoms with Gasteiger partial charge < -0.3 is 14.3 Å². The number of nitrogens with zero attached hydrogens (tertiary/aromatic N) is 1. The maximum atomic E-state index is 11.7. The number of benzene rings is 2. The van der Waals surface area contributed by atoms with Crippen LogP contribution in [0.4, 0.5) is 0 Å². The van der Waals surface area contributed by atoms with Crippen molar-refractivity contribution in [2.45, 2.75) is 44.8 Å². The molecule has 0 bridgehead atoms. The molecular formula is C23H28N2O5. The van der Waals surface area contributed by atoms with Gasteiger partial charge in [0, 0.05) is 19.1 Å². The molecule has 0 aliphatic rings. The number of nitrogens with one attached hydrogen (secondary N) is 1. The van der Waals surface area contributed by atoms with Crippen molar-refractivity contribution in [2.75, 3.05) is 13.7 Å². The van der Waals surface area contributed by atoms with E-state index in [1.54, 1.807) is 7.11 Å². The number of fused-ring (bicyclic) bond motifs is 1. The van der Waals surface area contributed by atoms with Crippen LogP contribution < -0.4 is 5.48 Å². The van der Waals surface area contributed by atoms with Gasteiger partial charge in [-0.15, -0.1) is 0 Å². The Bertz CT molecular complexity index is 905. The van der Waals surface area contributed by atoms with Crippen LogP contribution >= 0.6 is 0 Å². The summed E-state index contributed by atoms with van der Waals surface area (Å²) in [6.07, 6.45) is 1.56. The number of oxazole rings is 1. The van der Waals surface area contributed by atoms with E-state index in [0.717, 1.165) is 28.6 Å². The van der Waals surface area contributed by atoms with Crippen LogP contribution in [-0.4, -0.2) is 35.8 Å². The lowest BCUT2D eigenvalue weighted by Gasteiger charge is -2.13. The van der Waals surface area contributed by atoms with E-state index in [0.29, 0.717) is 31.8 Å². The van der Waals surface area contributed by atoms with E-state index < -0.39 is 6.10 Å². The van der Waals surface area contributed by atoms with Crippen LogP contribution in [0.15, 0.2) is 52.9 Å². The molecule has 7 nitrogen and oxygen atoms in total. The maximum Gasteiger partial charge on any atom is 0.243 e. The number of hydrogen-bond donors (Lipinski definition) is 2. The number of aliphatic hydroxyl groups is 1. The Morgan fingerprint density at radius 3 is 2.67 bits per heavy atom. The first-order valence-corrected chi connectivity index (χ1v) is 10.1. The quantitative estimate of drug-likeness (QED) is 0.363. The van der Waals surface area contributed by atoms with Crippen molar-refractivity contribution in [3.05, 3.63) is 54.1 Å². The number of hydroxylamine groups is 1. The lowest BCUT2D eigenvalue weighted by atomic mass is 10.0. The lowest BCUT2D eigenvalue weighted by molar-refractivity contribution is -0.140. The van der Waals surface area contributed by atoms with Gasteiger partial charge in [-0.1, -0.05) is 30.7 Å². The van der Waals surface area contributed by atoms with Gasteiger partial charge in [0.15, 0.2) is 5.58 Å². The van der Waals surface area contributed by atoms with Crippen LogP contribution in [0.25, 0.3) is 22.6 Å². The smallest absolute Gasteiger partial charge is 0.243 e. The summed E-state index contributed by atoms with van der Waals surface area (Å²) in [6, 6.07) is 15.2. The molecule has 0 aliphatic carbocycles. The second-order valence-electron chi connectivity index (χ2n) is 7.28. The van der Waals surface area contributed by atoms with Gasteiger partial charge in [-0.25, -0.2) is 10.5 Å². The molecule has 0 radical (unpaired) electrons. The van der Waals surface area contributed by atoms with Gasteiger partial charge in [0.2, 0.25) is 11.8 Å². The molecule has 3 aromatic rings. The minimum Gasteiger partial charge on any atom is -0.436 e. The Kier molecular flexibility index (Phi) is 7.96. The Morgan fingerprint density at radius 1 is 1.17 bits per heavy atom. The SMILES string of the molecule is COC[C@@H](C)ONC(=O)CCCC[C@@H](O)c1ccc(-c2nc3ccccc3o2)cc1. The number of carbonyl (C=O) groups is 1.